The summed E-state index contributed by atoms with van der Waals surface area (Å²) in [6.07, 6.45) is 1.78. The first kappa shape index (κ1) is 28.9. The first-order chi connectivity index (χ1) is 18.2. The van der Waals surface area contributed by atoms with Gasteiger partial charge in [0.15, 0.2) is 0 Å². The summed E-state index contributed by atoms with van der Waals surface area (Å²) in [5.41, 5.74) is 0.915. The smallest absolute Gasteiger partial charge is 0.268 e. The first-order valence-electron chi connectivity index (χ1n) is 12.9. The van der Waals surface area contributed by atoms with Crippen LogP contribution in [0.25, 0.3) is 10.9 Å². The molecule has 9 nitrogen and oxygen atoms in total. The van der Waals surface area contributed by atoms with Crippen molar-refractivity contribution < 1.29 is 27.9 Å². The highest BCUT2D eigenvalue weighted by atomic mass is 19.3. The van der Waals surface area contributed by atoms with Gasteiger partial charge < -0.3 is 25.7 Å². The minimum Gasteiger partial charge on any atom is -0.496 e. The Labute approximate surface area is 220 Å². The topological polar surface area (TPSA) is 136 Å². The van der Waals surface area contributed by atoms with E-state index in [0.717, 1.165) is 0 Å². The van der Waals surface area contributed by atoms with Crippen molar-refractivity contribution in [1.82, 2.24) is 20.9 Å². The van der Waals surface area contributed by atoms with Crippen LogP contribution in [0.2, 0.25) is 0 Å². The fourth-order valence-corrected chi connectivity index (χ4v) is 4.89. The van der Waals surface area contributed by atoms with Gasteiger partial charge in [0.05, 0.1) is 13.2 Å². The second-order valence-corrected chi connectivity index (χ2v) is 10.1. The molecule has 38 heavy (non-hydrogen) atoms. The number of hydrogen-bond donors (Lipinski definition) is 4. The maximum atomic E-state index is 13.7. The molecule has 1 aliphatic rings. The molecule has 0 bridgehead atoms. The average Bonchev–Trinajstić information content (AvgIpc) is 3.34. The number of fused-ring (bicyclic) bond motifs is 1. The number of aromatic nitrogens is 1. The number of hydrogen-bond acceptors (Lipinski definition) is 5. The number of rotatable bonds is 13. The monoisotopic (exact) mass is 531 g/mol. The lowest BCUT2D eigenvalue weighted by Gasteiger charge is -2.31. The molecule has 3 atom stereocenters. The van der Waals surface area contributed by atoms with Gasteiger partial charge in [0.2, 0.25) is 18.2 Å². The molecule has 11 heteroatoms. The van der Waals surface area contributed by atoms with E-state index in [1.54, 1.807) is 24.3 Å². The van der Waals surface area contributed by atoms with E-state index < -0.39 is 29.8 Å². The number of H-pyrrole nitrogens is 1. The van der Waals surface area contributed by atoms with Crippen LogP contribution >= 0.6 is 0 Å². The van der Waals surface area contributed by atoms with E-state index in [-0.39, 0.29) is 49.6 Å². The standard InChI is InChI=1S/C27H35F2N5O4/c1-17(8-11-31-16-35)12-19(15-30)32-25(36)22(13-18-6-9-27(28,29)10-7-18)34-26(37)23-14-20-21(33-23)4-3-5-24(20)38-2/h3-5,14,16-19,22,33H,6-13H2,1-2H3,(H,31,35)(H,32,36)(H,34,37)/t17-,19-,22-/m0/s1. The quantitative estimate of drug-likeness (QED) is 0.231. The van der Waals surface area contributed by atoms with Crippen molar-refractivity contribution in [3.8, 4) is 11.8 Å². The highest BCUT2D eigenvalue weighted by Crippen LogP contribution is 2.38. The van der Waals surface area contributed by atoms with Crippen molar-refractivity contribution in [3.63, 3.8) is 0 Å². The lowest BCUT2D eigenvalue weighted by atomic mass is 9.82. The van der Waals surface area contributed by atoms with Crippen molar-refractivity contribution in [3.05, 3.63) is 30.0 Å². The third-order valence-corrected chi connectivity index (χ3v) is 7.09. The maximum Gasteiger partial charge on any atom is 0.268 e. The Morgan fingerprint density at radius 3 is 2.68 bits per heavy atom. The van der Waals surface area contributed by atoms with E-state index >= 15 is 0 Å². The molecule has 206 valence electrons. The predicted molar refractivity (Wildman–Crippen MR) is 138 cm³/mol. The Morgan fingerprint density at radius 1 is 1.29 bits per heavy atom. The summed E-state index contributed by atoms with van der Waals surface area (Å²) >= 11 is 0. The molecule has 0 saturated heterocycles. The summed E-state index contributed by atoms with van der Waals surface area (Å²) in [7, 11) is 1.53. The van der Waals surface area contributed by atoms with E-state index in [1.807, 2.05) is 6.92 Å². The molecule has 0 aliphatic heterocycles. The lowest BCUT2D eigenvalue weighted by Crippen LogP contribution is -2.50. The molecule has 3 amide bonds. The van der Waals surface area contributed by atoms with Crippen LogP contribution in [0, 0.1) is 23.2 Å². The second kappa shape index (κ2) is 13.2. The highest BCUT2D eigenvalue weighted by Gasteiger charge is 2.37. The van der Waals surface area contributed by atoms with Gasteiger partial charge in [-0.3, -0.25) is 14.4 Å². The number of ether oxygens (including phenoxy) is 1. The van der Waals surface area contributed by atoms with E-state index in [1.165, 1.54) is 7.11 Å². The van der Waals surface area contributed by atoms with Crippen LogP contribution in [0.1, 0.15) is 62.4 Å². The van der Waals surface area contributed by atoms with E-state index in [2.05, 4.69) is 27.0 Å². The normalized spacial score (nSPS) is 17.6. The van der Waals surface area contributed by atoms with E-state index in [0.29, 0.717) is 42.4 Å². The summed E-state index contributed by atoms with van der Waals surface area (Å²) in [6, 6.07) is 7.26. The van der Waals surface area contributed by atoms with Crippen LogP contribution in [-0.4, -0.2) is 54.9 Å². The molecular weight excluding hydrogens is 496 g/mol. The number of nitrogens with zero attached hydrogens (tertiary/aromatic N) is 1. The molecule has 4 N–H and O–H groups in total. The van der Waals surface area contributed by atoms with Crippen LogP contribution in [0.15, 0.2) is 24.3 Å². The average molecular weight is 532 g/mol. The molecule has 1 aromatic heterocycles. The lowest BCUT2D eigenvalue weighted by molar-refractivity contribution is -0.124. The molecular formula is C27H35F2N5O4. The van der Waals surface area contributed by atoms with Crippen LogP contribution in [0.4, 0.5) is 8.78 Å². The predicted octanol–water partition coefficient (Wildman–Crippen LogP) is 3.66. The van der Waals surface area contributed by atoms with Crippen molar-refractivity contribution >= 4 is 29.1 Å². The van der Waals surface area contributed by atoms with Gasteiger partial charge in [0.1, 0.15) is 23.5 Å². The molecule has 1 saturated carbocycles. The zero-order chi connectivity index (χ0) is 27.7. The minimum absolute atomic E-state index is 0.0438. The van der Waals surface area contributed by atoms with Crippen LogP contribution in [0.3, 0.4) is 0 Å². The van der Waals surface area contributed by atoms with Gasteiger partial charge >= 0.3 is 0 Å². The van der Waals surface area contributed by atoms with Crippen molar-refractivity contribution in [1.29, 1.82) is 5.26 Å². The number of nitrogens with one attached hydrogen (secondary N) is 4. The number of alkyl halides is 2. The number of aromatic amines is 1. The Hall–Kier alpha value is -3.68. The molecule has 0 unspecified atom stereocenters. The molecule has 1 heterocycles. The zero-order valence-electron chi connectivity index (χ0n) is 21.7. The molecule has 1 fully saturated rings. The van der Waals surface area contributed by atoms with Crippen molar-refractivity contribution in [2.24, 2.45) is 11.8 Å². The van der Waals surface area contributed by atoms with Crippen molar-refractivity contribution in [2.45, 2.75) is 69.9 Å². The largest absolute Gasteiger partial charge is 0.496 e. The van der Waals surface area contributed by atoms with E-state index in [9.17, 15) is 28.4 Å². The number of benzene rings is 1. The SMILES string of the molecule is COc1cccc2[nH]c(C(=O)N[C@@H](CC3CCC(F)(F)CC3)C(=O)N[C@H](C#N)C[C@@H](C)CCNC=O)cc12. The third kappa shape index (κ3) is 7.91. The molecule has 1 aliphatic carbocycles. The van der Waals surface area contributed by atoms with Crippen molar-refractivity contribution in [2.75, 3.05) is 13.7 Å². The number of nitriles is 1. The Morgan fingerprint density at radius 2 is 2.03 bits per heavy atom. The second-order valence-electron chi connectivity index (χ2n) is 10.1. The van der Waals surface area contributed by atoms with Gasteiger partial charge in [0.25, 0.3) is 5.91 Å². The number of carbonyl (C=O) groups is 3. The van der Waals surface area contributed by atoms with Gasteiger partial charge in [-0.2, -0.15) is 5.26 Å². The number of amides is 3. The Kier molecular flexibility index (Phi) is 10.0. The summed E-state index contributed by atoms with van der Waals surface area (Å²) in [5, 5.41) is 18.4. The molecule has 0 radical (unpaired) electrons. The van der Waals surface area contributed by atoms with Gasteiger partial charge in [0, 0.05) is 30.3 Å². The number of carbonyl (C=O) groups excluding carboxylic acids is 3. The number of methoxy groups -OCH3 is 1. The van der Waals surface area contributed by atoms with Gasteiger partial charge in [-0.1, -0.05) is 13.0 Å². The minimum atomic E-state index is -2.71. The molecule has 1 aromatic carbocycles. The molecule has 3 rings (SSSR count). The fourth-order valence-electron chi connectivity index (χ4n) is 4.89. The molecule has 0 spiro atoms. The number of halogens is 2. The van der Waals surface area contributed by atoms with Crippen LogP contribution in [0.5, 0.6) is 5.75 Å². The van der Waals surface area contributed by atoms with Crippen LogP contribution < -0.4 is 20.7 Å². The summed E-state index contributed by atoms with van der Waals surface area (Å²) in [4.78, 5) is 39.9. The summed E-state index contributed by atoms with van der Waals surface area (Å²) < 4.78 is 32.7. The molecule has 2 aromatic rings. The third-order valence-electron chi connectivity index (χ3n) is 7.09. The first-order valence-corrected chi connectivity index (χ1v) is 12.9. The maximum absolute atomic E-state index is 13.7. The highest BCUT2D eigenvalue weighted by molar-refractivity contribution is 6.01. The van der Waals surface area contributed by atoms with E-state index in [4.69, 9.17) is 4.74 Å². The van der Waals surface area contributed by atoms with Crippen LogP contribution in [-0.2, 0) is 9.59 Å². The fraction of sp³-hybridized carbons (Fsp3) is 0.556. The Balaban J connectivity index is 1.73. The van der Waals surface area contributed by atoms with Gasteiger partial charge in [-0.25, -0.2) is 8.78 Å². The summed E-state index contributed by atoms with van der Waals surface area (Å²) in [6.45, 7) is 2.37. The Bertz CT molecular complexity index is 1150. The van der Waals surface area contributed by atoms with Gasteiger partial charge in [-0.05, 0) is 62.1 Å². The summed E-state index contributed by atoms with van der Waals surface area (Å²) in [5.74, 6) is -3.29. The van der Waals surface area contributed by atoms with Gasteiger partial charge in [-0.15, -0.1) is 0 Å². The zero-order valence-corrected chi connectivity index (χ0v) is 21.7.